The second kappa shape index (κ2) is 17.4. The third-order valence-electron chi connectivity index (χ3n) is 8.92. The van der Waals surface area contributed by atoms with E-state index in [0.717, 1.165) is 38.5 Å². The number of carbonyl (C=O) groups excluding carboxylic acids is 1. The molecule has 1 aliphatic carbocycles. The molecule has 0 radical (unpaired) electrons. The van der Waals surface area contributed by atoms with E-state index in [-0.39, 0.29) is 17.6 Å². The van der Waals surface area contributed by atoms with Crippen LogP contribution in [0.2, 0.25) is 0 Å². The molecular weight excluding hydrogens is 644 g/mol. The molecule has 0 saturated carbocycles. The molecule has 3 aromatic rings. The standard InChI is InChI=1S/C41H44F4N2O3/c1-3-33(16-10-5-4-6-11-18-38(48)47-23-25-49-26-24-47)50-34-17-12-15-31(19-21-34)39(32-20-22-37-35(27-32)40(42)29(2)46-37)36(28-41(43,44)45)30-13-8-7-9-14-30/h7-9,11-15,18-22,27,33,46H,3-6,10,16,23-26,28H2,1-2H3/b18-11+,39-36+/t33-/m0/s1. The van der Waals surface area contributed by atoms with Crippen molar-refractivity contribution in [2.75, 3.05) is 26.3 Å². The molecule has 0 spiro atoms. The van der Waals surface area contributed by atoms with Crippen molar-refractivity contribution in [3.63, 3.8) is 0 Å². The fraction of sp³-hybridized carbons (Fsp3) is 0.366. The van der Waals surface area contributed by atoms with Gasteiger partial charge in [-0.15, -0.1) is 0 Å². The maximum absolute atomic E-state index is 15.1. The Kier molecular flexibility index (Phi) is 12.7. The van der Waals surface area contributed by atoms with Gasteiger partial charge in [0.2, 0.25) is 5.91 Å². The first-order chi connectivity index (χ1) is 24.1. The number of unbranched alkanes of at least 4 members (excludes halogenated alkanes) is 3. The Labute approximate surface area is 291 Å². The summed E-state index contributed by atoms with van der Waals surface area (Å²) in [4.78, 5) is 17.1. The van der Waals surface area contributed by atoms with Crippen molar-refractivity contribution in [1.29, 1.82) is 0 Å². The molecule has 5 nitrogen and oxygen atoms in total. The zero-order valence-corrected chi connectivity index (χ0v) is 28.6. The van der Waals surface area contributed by atoms with E-state index in [1.165, 1.54) is 0 Å². The van der Waals surface area contributed by atoms with Gasteiger partial charge >= 0.3 is 6.18 Å². The lowest BCUT2D eigenvalue weighted by molar-refractivity contribution is -0.130. The summed E-state index contributed by atoms with van der Waals surface area (Å²) in [6.45, 7) is 6.12. The summed E-state index contributed by atoms with van der Waals surface area (Å²) in [6.07, 6.45) is 10.1. The Bertz CT molecular complexity index is 1820. The highest BCUT2D eigenvalue weighted by atomic mass is 19.4. The predicted molar refractivity (Wildman–Crippen MR) is 191 cm³/mol. The van der Waals surface area contributed by atoms with Gasteiger partial charge in [-0.2, -0.15) is 13.2 Å². The van der Waals surface area contributed by atoms with Crippen LogP contribution in [0.25, 0.3) is 22.0 Å². The number of nitrogens with one attached hydrogen (secondary N) is 1. The minimum absolute atomic E-state index is 0.0353. The van der Waals surface area contributed by atoms with Crippen molar-refractivity contribution in [2.24, 2.45) is 0 Å². The molecule has 1 fully saturated rings. The van der Waals surface area contributed by atoms with Crippen LogP contribution in [0, 0.1) is 12.7 Å². The van der Waals surface area contributed by atoms with Gasteiger partial charge in [-0.25, -0.2) is 4.39 Å². The Morgan fingerprint density at radius 1 is 1.06 bits per heavy atom. The van der Waals surface area contributed by atoms with E-state index in [1.54, 1.807) is 90.7 Å². The van der Waals surface area contributed by atoms with Gasteiger partial charge in [0.1, 0.15) is 0 Å². The Balaban J connectivity index is 1.29. The predicted octanol–water partition coefficient (Wildman–Crippen LogP) is 10.2. The highest BCUT2D eigenvalue weighted by molar-refractivity contribution is 6.02. The summed E-state index contributed by atoms with van der Waals surface area (Å²) in [5.41, 5.74) is 5.97. The van der Waals surface area contributed by atoms with Crippen molar-refractivity contribution < 1.29 is 31.8 Å². The lowest BCUT2D eigenvalue weighted by Crippen LogP contribution is -2.39. The van der Waals surface area contributed by atoms with E-state index in [0.29, 0.717) is 70.9 Å². The van der Waals surface area contributed by atoms with Gasteiger partial charge in [0.25, 0.3) is 0 Å². The Hall–Kier alpha value is -4.59. The molecule has 1 saturated heterocycles. The summed E-state index contributed by atoms with van der Waals surface area (Å²) in [6, 6.07) is 13.6. The molecule has 50 heavy (non-hydrogen) atoms. The normalized spacial score (nSPS) is 16.3. The van der Waals surface area contributed by atoms with E-state index in [2.05, 4.69) is 17.6 Å². The summed E-state index contributed by atoms with van der Waals surface area (Å²) in [5, 5.41) is 0.316. The van der Waals surface area contributed by atoms with E-state index in [4.69, 9.17) is 9.47 Å². The van der Waals surface area contributed by atoms with E-state index >= 15 is 4.39 Å². The highest BCUT2D eigenvalue weighted by Crippen LogP contribution is 2.41. The molecule has 2 heterocycles. The van der Waals surface area contributed by atoms with Crippen LogP contribution in [0.15, 0.2) is 102 Å². The third-order valence-corrected chi connectivity index (χ3v) is 8.92. The molecule has 0 unspecified atom stereocenters. The number of halogens is 4. The van der Waals surface area contributed by atoms with Crippen LogP contribution in [-0.4, -0.2) is 54.4 Å². The van der Waals surface area contributed by atoms with Crippen molar-refractivity contribution >= 4 is 28.0 Å². The first-order valence-electron chi connectivity index (χ1n) is 17.3. The van der Waals surface area contributed by atoms with Gasteiger partial charge in [0, 0.05) is 29.7 Å². The van der Waals surface area contributed by atoms with E-state index in [1.807, 2.05) is 6.08 Å². The number of H-pyrrole nitrogens is 1. The number of alkyl halides is 3. The maximum atomic E-state index is 15.1. The number of benzene rings is 2. The number of aromatic nitrogens is 1. The second-order valence-corrected chi connectivity index (χ2v) is 12.6. The maximum Gasteiger partial charge on any atom is 0.393 e. The average Bonchev–Trinajstić information content (AvgIpc) is 3.24. The molecule has 1 aromatic heterocycles. The first kappa shape index (κ1) is 36.7. The van der Waals surface area contributed by atoms with E-state index in [9.17, 15) is 18.0 Å². The van der Waals surface area contributed by atoms with Crippen LogP contribution < -0.4 is 0 Å². The van der Waals surface area contributed by atoms with Crippen molar-refractivity contribution in [2.45, 2.75) is 71.1 Å². The Morgan fingerprint density at radius 3 is 2.58 bits per heavy atom. The summed E-state index contributed by atoms with van der Waals surface area (Å²) in [5.74, 6) is 0.0989. The number of fused-ring (bicyclic) bond motifs is 1. The number of aryl methyl sites for hydroxylation is 1. The summed E-state index contributed by atoms with van der Waals surface area (Å²) < 4.78 is 69.2. The number of carbonyl (C=O) groups is 1. The van der Waals surface area contributed by atoms with Gasteiger partial charge in [-0.3, -0.25) is 4.79 Å². The molecule has 9 heteroatoms. The molecule has 2 aliphatic rings. The first-order valence-corrected chi connectivity index (χ1v) is 17.3. The lowest BCUT2D eigenvalue weighted by atomic mass is 9.86. The van der Waals surface area contributed by atoms with E-state index < -0.39 is 18.4 Å². The summed E-state index contributed by atoms with van der Waals surface area (Å²) >= 11 is 0. The van der Waals surface area contributed by atoms with Crippen molar-refractivity contribution in [3.8, 4) is 0 Å². The van der Waals surface area contributed by atoms with Crippen molar-refractivity contribution in [1.82, 2.24) is 9.88 Å². The van der Waals surface area contributed by atoms with Gasteiger partial charge < -0.3 is 19.4 Å². The van der Waals surface area contributed by atoms with Gasteiger partial charge in [-0.05, 0) is 109 Å². The topological polar surface area (TPSA) is 54.6 Å². The number of morpholine rings is 1. The minimum atomic E-state index is -4.49. The highest BCUT2D eigenvalue weighted by Gasteiger charge is 2.32. The number of rotatable bonds is 14. The van der Waals surface area contributed by atoms with Crippen LogP contribution >= 0.6 is 0 Å². The molecule has 1 atom stereocenters. The number of amides is 1. The van der Waals surface area contributed by atoms with Crippen LogP contribution in [-0.2, 0) is 14.3 Å². The zero-order chi connectivity index (χ0) is 35.5. The monoisotopic (exact) mass is 688 g/mol. The number of aromatic amines is 1. The molecule has 1 amide bonds. The zero-order valence-electron chi connectivity index (χ0n) is 28.6. The fourth-order valence-corrected chi connectivity index (χ4v) is 6.27. The number of hydrogen-bond acceptors (Lipinski definition) is 3. The minimum Gasteiger partial charge on any atom is -0.483 e. The molecule has 2 aromatic carbocycles. The van der Waals surface area contributed by atoms with Crippen molar-refractivity contribution in [3.05, 3.63) is 125 Å². The van der Waals surface area contributed by atoms with Gasteiger partial charge in [-0.1, -0.05) is 61.5 Å². The second-order valence-electron chi connectivity index (χ2n) is 12.6. The number of ether oxygens (including phenoxy) is 2. The molecular formula is C41H44F4N2O3. The van der Waals surface area contributed by atoms with Crippen LogP contribution in [0.1, 0.15) is 68.7 Å². The van der Waals surface area contributed by atoms with Gasteiger partial charge in [0.05, 0.1) is 25.7 Å². The average molecular weight is 689 g/mol. The lowest BCUT2D eigenvalue weighted by Gasteiger charge is -2.25. The number of nitrogens with zero attached hydrogens (tertiary/aromatic N) is 1. The molecule has 5 rings (SSSR count). The van der Waals surface area contributed by atoms with Crippen LogP contribution in [0.3, 0.4) is 0 Å². The molecule has 264 valence electrons. The van der Waals surface area contributed by atoms with Crippen LogP contribution in [0.4, 0.5) is 17.6 Å². The molecule has 0 bridgehead atoms. The third kappa shape index (κ3) is 9.99. The molecule has 1 aliphatic heterocycles. The smallest absolute Gasteiger partial charge is 0.393 e. The Morgan fingerprint density at radius 2 is 1.84 bits per heavy atom. The summed E-state index contributed by atoms with van der Waals surface area (Å²) in [7, 11) is 0. The fourth-order valence-electron chi connectivity index (χ4n) is 6.27. The van der Waals surface area contributed by atoms with Crippen LogP contribution in [0.5, 0.6) is 0 Å². The largest absolute Gasteiger partial charge is 0.483 e. The number of allylic oxidation sites excluding steroid dienone is 7. The van der Waals surface area contributed by atoms with Gasteiger partial charge in [0.15, 0.2) is 11.6 Å². The SMILES string of the molecule is CC[C@@H](CCCCC/C=C/C(=O)N1CCOCC1)OC1=C=CC=C(/C(=C(/CC(F)(F)F)c2ccccc2)c2ccc3[nH]c(C)c(F)c3c2)C=C1. The molecule has 1 N–H and O–H groups in total. The quantitative estimate of drug-likeness (QED) is 0.0603. The number of hydrogen-bond donors (Lipinski definition) is 1.